The van der Waals surface area contributed by atoms with E-state index in [1.807, 2.05) is 0 Å². The van der Waals surface area contributed by atoms with Gasteiger partial charge in [-0.3, -0.25) is 0 Å². The molecule has 0 saturated heterocycles. The summed E-state index contributed by atoms with van der Waals surface area (Å²) in [6, 6.07) is 6.45. The van der Waals surface area contributed by atoms with E-state index in [0.717, 1.165) is 38.0 Å². The zero-order valence-electron chi connectivity index (χ0n) is 10.5. The summed E-state index contributed by atoms with van der Waals surface area (Å²) >= 11 is 0. The summed E-state index contributed by atoms with van der Waals surface area (Å²) in [5.74, 6) is 1.14. The summed E-state index contributed by atoms with van der Waals surface area (Å²) < 4.78 is 27.9. The van der Waals surface area contributed by atoms with Gasteiger partial charge in [0.15, 0.2) is 0 Å². The molecule has 5 rings (SSSR count). The van der Waals surface area contributed by atoms with Gasteiger partial charge >= 0.3 is 0 Å². The molecular weight excluding hydrogens is 284 g/mol. The quantitative estimate of drug-likeness (QED) is 0.806. The van der Waals surface area contributed by atoms with Gasteiger partial charge < -0.3 is 4.74 Å². The first-order valence-corrected chi connectivity index (χ1v) is 9.06. The summed E-state index contributed by atoms with van der Waals surface area (Å²) in [5, 5.41) is 0. The van der Waals surface area contributed by atoms with Crippen molar-refractivity contribution >= 4 is 19.7 Å². The fourth-order valence-electron chi connectivity index (χ4n) is 4.34. The molecule has 1 aromatic carbocycles. The number of hydrogen-bond donors (Lipinski definition) is 0. The maximum atomic E-state index is 11.2. The van der Waals surface area contributed by atoms with Gasteiger partial charge in [-0.1, -0.05) is 12.1 Å². The number of halogens is 1. The number of ether oxygens (including phenoxy) is 1. The summed E-state index contributed by atoms with van der Waals surface area (Å²) in [5.41, 5.74) is 2.83. The average Bonchev–Trinajstić information content (AvgIpc) is 2.66. The van der Waals surface area contributed by atoms with E-state index >= 15 is 0 Å². The summed E-state index contributed by atoms with van der Waals surface area (Å²) in [6.45, 7) is 0.778. The molecule has 4 aliphatic rings. The predicted octanol–water partition coefficient (Wildman–Crippen LogP) is 2.61. The lowest BCUT2D eigenvalue weighted by Crippen LogP contribution is -2.66. The van der Waals surface area contributed by atoms with E-state index in [4.69, 9.17) is 15.4 Å². The molecule has 0 radical (unpaired) electrons. The summed E-state index contributed by atoms with van der Waals surface area (Å²) in [4.78, 5) is 0. The lowest BCUT2D eigenvalue weighted by Gasteiger charge is -2.71. The molecule has 0 aromatic heterocycles. The van der Waals surface area contributed by atoms with Gasteiger partial charge in [0.1, 0.15) is 5.75 Å². The van der Waals surface area contributed by atoms with Crippen molar-refractivity contribution < 1.29 is 13.2 Å². The third kappa shape index (κ3) is 1.73. The van der Waals surface area contributed by atoms with Crippen LogP contribution in [0.2, 0.25) is 0 Å². The normalized spacial score (nSPS) is 35.0. The van der Waals surface area contributed by atoms with Crippen molar-refractivity contribution in [3.8, 4) is 5.75 Å². The minimum Gasteiger partial charge on any atom is -0.493 e. The van der Waals surface area contributed by atoms with Gasteiger partial charge in [-0.15, -0.1) is 0 Å². The largest absolute Gasteiger partial charge is 0.493 e. The molecule has 1 aliphatic heterocycles. The van der Waals surface area contributed by atoms with Gasteiger partial charge in [-0.25, -0.2) is 8.42 Å². The highest BCUT2D eigenvalue weighted by Gasteiger charge is 2.69. The van der Waals surface area contributed by atoms with Gasteiger partial charge in [0.2, 0.25) is 9.05 Å². The molecule has 3 fully saturated rings. The van der Waals surface area contributed by atoms with Crippen molar-refractivity contribution in [3.63, 3.8) is 0 Å². The van der Waals surface area contributed by atoms with Gasteiger partial charge in [0, 0.05) is 17.1 Å². The van der Waals surface area contributed by atoms with Gasteiger partial charge in [-0.05, 0) is 47.3 Å². The van der Waals surface area contributed by atoms with Crippen molar-refractivity contribution in [2.45, 2.75) is 31.1 Å². The molecule has 3 nitrogen and oxygen atoms in total. The fraction of sp³-hybridized carbons (Fsp3) is 0.571. The fourth-order valence-corrected chi connectivity index (χ4v) is 6.07. The van der Waals surface area contributed by atoms with Crippen LogP contribution in [0.4, 0.5) is 0 Å². The van der Waals surface area contributed by atoms with E-state index < -0.39 is 9.05 Å². The Balaban J connectivity index is 1.55. The van der Waals surface area contributed by atoms with Crippen LogP contribution in [0.25, 0.3) is 0 Å². The minimum absolute atomic E-state index is 0.0316. The molecule has 0 amide bonds. The Bertz CT molecular complexity index is 645. The Morgan fingerprint density at radius 3 is 2.68 bits per heavy atom. The van der Waals surface area contributed by atoms with Crippen LogP contribution in [0.15, 0.2) is 18.2 Å². The molecular formula is C14H15ClO3S. The predicted molar refractivity (Wildman–Crippen MR) is 73.2 cm³/mol. The highest BCUT2D eigenvalue weighted by Crippen LogP contribution is 2.74. The first-order valence-electron chi connectivity index (χ1n) is 6.59. The van der Waals surface area contributed by atoms with E-state index in [0.29, 0.717) is 0 Å². The minimum atomic E-state index is -3.37. The van der Waals surface area contributed by atoms with Crippen LogP contribution in [-0.2, 0) is 20.9 Å². The van der Waals surface area contributed by atoms with Crippen LogP contribution >= 0.6 is 10.7 Å². The van der Waals surface area contributed by atoms with E-state index in [2.05, 4.69) is 18.2 Å². The topological polar surface area (TPSA) is 43.4 Å². The van der Waals surface area contributed by atoms with Gasteiger partial charge in [0.05, 0.1) is 12.4 Å². The molecule has 0 unspecified atom stereocenters. The van der Waals surface area contributed by atoms with Crippen molar-refractivity contribution in [2.24, 2.45) is 5.41 Å². The second-order valence-electron chi connectivity index (χ2n) is 6.41. The zero-order valence-corrected chi connectivity index (χ0v) is 12.1. The molecule has 2 bridgehead atoms. The summed E-state index contributed by atoms with van der Waals surface area (Å²) in [7, 11) is 2.01. The zero-order chi connectivity index (χ0) is 13.3. The lowest BCUT2D eigenvalue weighted by atomic mass is 9.34. The van der Waals surface area contributed by atoms with Crippen molar-refractivity contribution in [1.82, 2.24) is 0 Å². The van der Waals surface area contributed by atoms with Crippen LogP contribution in [-0.4, -0.2) is 20.8 Å². The Morgan fingerprint density at radius 2 is 2.00 bits per heavy atom. The van der Waals surface area contributed by atoms with Crippen molar-refractivity contribution in [1.29, 1.82) is 0 Å². The van der Waals surface area contributed by atoms with Crippen LogP contribution in [0.5, 0.6) is 5.75 Å². The molecule has 5 heteroatoms. The molecule has 0 N–H and O–H groups in total. The first kappa shape index (κ1) is 12.0. The van der Waals surface area contributed by atoms with Crippen LogP contribution < -0.4 is 4.74 Å². The van der Waals surface area contributed by atoms with Crippen LogP contribution in [0.1, 0.15) is 30.4 Å². The second-order valence-corrected chi connectivity index (χ2v) is 9.19. The highest BCUT2D eigenvalue weighted by molar-refractivity contribution is 8.13. The first-order chi connectivity index (χ1) is 8.90. The molecule has 0 atom stereocenters. The highest BCUT2D eigenvalue weighted by atomic mass is 35.7. The van der Waals surface area contributed by atoms with Crippen LogP contribution in [0.3, 0.4) is 0 Å². The number of rotatable bonds is 3. The van der Waals surface area contributed by atoms with Crippen LogP contribution in [0, 0.1) is 5.41 Å². The standard InChI is InChI=1S/C14H15ClO3S/c15-19(16,17)9-13-6-14(7-13,8-13)11-1-2-12-10(5-11)3-4-18-12/h1-2,5H,3-4,6-9H2. The number of benzene rings is 1. The molecule has 0 spiro atoms. The summed E-state index contributed by atoms with van der Waals surface area (Å²) in [6.07, 6.45) is 3.88. The van der Waals surface area contributed by atoms with Gasteiger partial charge in [0.25, 0.3) is 0 Å². The molecule has 3 aliphatic carbocycles. The van der Waals surface area contributed by atoms with Crippen molar-refractivity contribution in [3.05, 3.63) is 29.3 Å². The Labute approximate surface area is 117 Å². The lowest BCUT2D eigenvalue weighted by molar-refractivity contribution is -0.122. The molecule has 102 valence electrons. The van der Waals surface area contributed by atoms with E-state index in [1.54, 1.807) is 0 Å². The Morgan fingerprint density at radius 1 is 1.26 bits per heavy atom. The molecule has 19 heavy (non-hydrogen) atoms. The SMILES string of the molecule is O=S(=O)(Cl)CC12CC(c3ccc4c(c3)CCO4)(C1)C2. The van der Waals surface area contributed by atoms with Gasteiger partial charge in [-0.2, -0.15) is 0 Å². The smallest absolute Gasteiger partial charge is 0.233 e. The van der Waals surface area contributed by atoms with E-state index in [9.17, 15) is 8.42 Å². The Kier molecular flexibility index (Phi) is 2.20. The van der Waals surface area contributed by atoms with Crippen molar-refractivity contribution in [2.75, 3.05) is 12.4 Å². The van der Waals surface area contributed by atoms with E-state index in [1.165, 1.54) is 11.1 Å². The third-order valence-corrected chi connectivity index (χ3v) is 6.21. The number of fused-ring (bicyclic) bond motifs is 1. The Hall–Kier alpha value is -0.740. The van der Waals surface area contributed by atoms with E-state index in [-0.39, 0.29) is 16.6 Å². The third-order valence-electron chi connectivity index (χ3n) is 4.92. The average molecular weight is 299 g/mol. The number of hydrogen-bond acceptors (Lipinski definition) is 3. The monoisotopic (exact) mass is 298 g/mol. The molecule has 3 saturated carbocycles. The maximum absolute atomic E-state index is 11.2. The molecule has 1 aromatic rings. The molecule has 1 heterocycles. The maximum Gasteiger partial charge on any atom is 0.233 e. The second kappa shape index (κ2) is 3.47.